The van der Waals surface area contributed by atoms with Crippen molar-refractivity contribution in [3.8, 4) is 0 Å². The van der Waals surface area contributed by atoms with Gasteiger partial charge in [0.1, 0.15) is 0 Å². The van der Waals surface area contributed by atoms with Gasteiger partial charge in [-0.1, -0.05) is 6.42 Å². The van der Waals surface area contributed by atoms with E-state index in [-0.39, 0.29) is 5.91 Å². The third-order valence-electron chi connectivity index (χ3n) is 3.66. The van der Waals surface area contributed by atoms with Crippen LogP contribution in [0.4, 0.5) is 0 Å². The Labute approximate surface area is 85.0 Å². The van der Waals surface area contributed by atoms with Crippen molar-refractivity contribution in [2.45, 2.75) is 39.5 Å². The predicted molar refractivity (Wildman–Crippen MR) is 55.9 cm³/mol. The molecule has 14 heavy (non-hydrogen) atoms. The summed E-state index contributed by atoms with van der Waals surface area (Å²) in [5.41, 5.74) is 3.65. The second-order valence-electron chi connectivity index (χ2n) is 4.70. The van der Waals surface area contributed by atoms with Gasteiger partial charge in [0, 0.05) is 18.6 Å². The molecule has 0 radical (unpaired) electrons. The number of rotatable bonds is 2. The summed E-state index contributed by atoms with van der Waals surface area (Å²) >= 11 is 0. The maximum Gasteiger partial charge on any atom is 0.236 e. The Balaban J connectivity index is 1.95. The van der Waals surface area contributed by atoms with Crippen molar-refractivity contribution in [2.24, 2.45) is 22.9 Å². The van der Waals surface area contributed by atoms with Crippen molar-refractivity contribution in [3.63, 3.8) is 0 Å². The summed E-state index contributed by atoms with van der Waals surface area (Å²) in [6.45, 7) is 3.54. The number of hydrogen-bond donors (Lipinski definition) is 1. The number of hydrogen-bond acceptors (Lipinski definition) is 2. The molecule has 0 saturated heterocycles. The fourth-order valence-electron chi connectivity index (χ4n) is 3.01. The van der Waals surface area contributed by atoms with Crippen LogP contribution in [0.2, 0.25) is 0 Å². The van der Waals surface area contributed by atoms with Crippen molar-refractivity contribution < 1.29 is 4.79 Å². The summed E-state index contributed by atoms with van der Waals surface area (Å²) in [7, 11) is 0. The Bertz CT molecular complexity index is 272. The van der Waals surface area contributed by atoms with Crippen LogP contribution in [0.3, 0.4) is 0 Å². The second kappa shape index (κ2) is 3.71. The summed E-state index contributed by atoms with van der Waals surface area (Å²) < 4.78 is 0. The number of carbonyl (C=O) groups is 1. The molecule has 2 rings (SSSR count). The maximum absolute atomic E-state index is 10.7. The quantitative estimate of drug-likeness (QED) is 0.529. The Morgan fingerprint density at radius 2 is 2.07 bits per heavy atom. The lowest BCUT2D eigenvalue weighted by Crippen LogP contribution is -2.23. The average molecular weight is 194 g/mol. The van der Waals surface area contributed by atoms with E-state index in [0.29, 0.717) is 5.92 Å². The molecule has 3 heteroatoms. The van der Waals surface area contributed by atoms with E-state index in [1.807, 2.05) is 6.92 Å². The van der Waals surface area contributed by atoms with Gasteiger partial charge >= 0.3 is 0 Å². The topological polar surface area (TPSA) is 41.5 Å². The standard InChI is InChI=1S/C11H18N2O/c1-7(12-13-8(2)14)11-6-9-3-4-10(11)5-9/h9-11H,3-6H2,1-2H3,(H,13,14)/b12-7-/t9-,10-,11+/m0/s1. The van der Waals surface area contributed by atoms with E-state index >= 15 is 0 Å². The molecule has 78 valence electrons. The van der Waals surface area contributed by atoms with Gasteiger partial charge in [0.05, 0.1) is 0 Å². The van der Waals surface area contributed by atoms with Crippen molar-refractivity contribution in [1.29, 1.82) is 0 Å². The third-order valence-corrected chi connectivity index (χ3v) is 3.66. The van der Waals surface area contributed by atoms with Gasteiger partial charge in [-0.25, -0.2) is 5.43 Å². The van der Waals surface area contributed by atoms with Gasteiger partial charge in [-0.15, -0.1) is 0 Å². The predicted octanol–water partition coefficient (Wildman–Crippen LogP) is 1.93. The molecule has 0 unspecified atom stereocenters. The van der Waals surface area contributed by atoms with E-state index in [4.69, 9.17) is 0 Å². The zero-order valence-corrected chi connectivity index (χ0v) is 8.92. The lowest BCUT2D eigenvalue weighted by Gasteiger charge is -2.20. The van der Waals surface area contributed by atoms with E-state index in [0.717, 1.165) is 17.5 Å². The minimum atomic E-state index is -0.0764. The van der Waals surface area contributed by atoms with Gasteiger partial charge in [0.25, 0.3) is 0 Å². The second-order valence-corrected chi connectivity index (χ2v) is 4.70. The lowest BCUT2D eigenvalue weighted by molar-refractivity contribution is -0.118. The molecular formula is C11H18N2O. The number of hydrazone groups is 1. The average Bonchev–Trinajstić information content (AvgIpc) is 2.74. The number of nitrogens with zero attached hydrogens (tertiary/aromatic N) is 1. The van der Waals surface area contributed by atoms with E-state index in [1.165, 1.54) is 32.6 Å². The zero-order valence-electron chi connectivity index (χ0n) is 8.92. The fourth-order valence-corrected chi connectivity index (χ4v) is 3.01. The maximum atomic E-state index is 10.7. The molecule has 0 spiro atoms. The van der Waals surface area contributed by atoms with Gasteiger partial charge in [0.15, 0.2) is 0 Å². The molecule has 0 aliphatic heterocycles. The monoisotopic (exact) mass is 194 g/mol. The minimum absolute atomic E-state index is 0.0764. The van der Waals surface area contributed by atoms with Crippen molar-refractivity contribution in [3.05, 3.63) is 0 Å². The minimum Gasteiger partial charge on any atom is -0.274 e. The van der Waals surface area contributed by atoms with Crippen molar-refractivity contribution in [1.82, 2.24) is 5.43 Å². The summed E-state index contributed by atoms with van der Waals surface area (Å²) in [6, 6.07) is 0. The highest BCUT2D eigenvalue weighted by Crippen LogP contribution is 2.48. The first kappa shape index (κ1) is 9.69. The molecule has 0 heterocycles. The van der Waals surface area contributed by atoms with Crippen LogP contribution in [-0.2, 0) is 4.79 Å². The highest BCUT2D eigenvalue weighted by atomic mass is 16.2. The summed E-state index contributed by atoms with van der Waals surface area (Å²) in [5.74, 6) is 2.35. The third kappa shape index (κ3) is 1.81. The van der Waals surface area contributed by atoms with Gasteiger partial charge in [-0.05, 0) is 38.0 Å². The smallest absolute Gasteiger partial charge is 0.236 e. The van der Waals surface area contributed by atoms with E-state index < -0.39 is 0 Å². The van der Waals surface area contributed by atoms with Crippen LogP contribution < -0.4 is 5.43 Å². The first-order valence-corrected chi connectivity index (χ1v) is 5.47. The molecule has 0 aromatic rings. The molecule has 3 nitrogen and oxygen atoms in total. The molecule has 2 aliphatic carbocycles. The molecule has 2 aliphatic rings. The summed E-state index contributed by atoms with van der Waals surface area (Å²) in [5, 5.41) is 4.14. The molecule has 2 saturated carbocycles. The Hall–Kier alpha value is -0.860. The SMILES string of the molecule is CC(=O)N/N=C(/C)[C@H]1C[C@H]2CC[C@H]1C2. The molecule has 1 N–H and O–H groups in total. The molecule has 0 aromatic heterocycles. The number of carbonyl (C=O) groups excluding carboxylic acids is 1. The van der Waals surface area contributed by atoms with Crippen LogP contribution in [0, 0.1) is 17.8 Å². The Morgan fingerprint density at radius 1 is 1.29 bits per heavy atom. The van der Waals surface area contributed by atoms with Crippen LogP contribution >= 0.6 is 0 Å². The van der Waals surface area contributed by atoms with Crippen molar-refractivity contribution >= 4 is 11.6 Å². The van der Waals surface area contributed by atoms with E-state index in [9.17, 15) is 4.79 Å². The number of nitrogens with one attached hydrogen (secondary N) is 1. The first-order valence-electron chi connectivity index (χ1n) is 5.47. The van der Waals surface area contributed by atoms with Crippen LogP contribution in [0.15, 0.2) is 5.10 Å². The van der Waals surface area contributed by atoms with Gasteiger partial charge < -0.3 is 0 Å². The number of fused-ring (bicyclic) bond motifs is 2. The van der Waals surface area contributed by atoms with Crippen LogP contribution in [-0.4, -0.2) is 11.6 Å². The van der Waals surface area contributed by atoms with Crippen molar-refractivity contribution in [2.75, 3.05) is 0 Å². The molecule has 3 atom stereocenters. The molecule has 2 bridgehead atoms. The van der Waals surface area contributed by atoms with Gasteiger partial charge in [-0.2, -0.15) is 5.10 Å². The largest absolute Gasteiger partial charge is 0.274 e. The molecular weight excluding hydrogens is 176 g/mol. The summed E-state index contributed by atoms with van der Waals surface area (Å²) in [4.78, 5) is 10.7. The molecule has 0 aromatic carbocycles. The Morgan fingerprint density at radius 3 is 2.57 bits per heavy atom. The highest BCUT2D eigenvalue weighted by Gasteiger charge is 2.40. The molecule has 2 fully saturated rings. The summed E-state index contributed by atoms with van der Waals surface area (Å²) in [6.07, 6.45) is 5.45. The fraction of sp³-hybridized carbons (Fsp3) is 0.818. The van der Waals surface area contributed by atoms with Crippen LogP contribution in [0.25, 0.3) is 0 Å². The Kier molecular flexibility index (Phi) is 2.57. The normalized spacial score (nSPS) is 36.1. The highest BCUT2D eigenvalue weighted by molar-refractivity contribution is 5.86. The number of amides is 1. The lowest BCUT2D eigenvalue weighted by atomic mass is 9.86. The van der Waals surface area contributed by atoms with Crippen LogP contribution in [0.5, 0.6) is 0 Å². The van der Waals surface area contributed by atoms with Gasteiger partial charge in [0.2, 0.25) is 5.91 Å². The van der Waals surface area contributed by atoms with Gasteiger partial charge in [-0.3, -0.25) is 4.79 Å². The first-order chi connectivity index (χ1) is 6.66. The van der Waals surface area contributed by atoms with Crippen LogP contribution in [0.1, 0.15) is 39.5 Å². The van der Waals surface area contributed by atoms with E-state index in [2.05, 4.69) is 10.5 Å². The zero-order chi connectivity index (χ0) is 10.1. The van der Waals surface area contributed by atoms with E-state index in [1.54, 1.807) is 0 Å². The molecule has 1 amide bonds.